The summed E-state index contributed by atoms with van der Waals surface area (Å²) in [5.74, 6) is 0.171. The second kappa shape index (κ2) is 8.12. The lowest BCUT2D eigenvalue weighted by molar-refractivity contribution is -0.127. The zero-order chi connectivity index (χ0) is 17.0. The van der Waals surface area contributed by atoms with Crippen LogP contribution in [-0.2, 0) is 11.2 Å². The molecule has 2 aromatic heterocycles. The zero-order valence-electron chi connectivity index (χ0n) is 13.1. The largest absolute Gasteiger partial charge is 0.359 e. The highest BCUT2D eigenvalue weighted by Crippen LogP contribution is 2.31. The summed E-state index contributed by atoms with van der Waals surface area (Å²) in [6.07, 6.45) is 4.19. The van der Waals surface area contributed by atoms with Gasteiger partial charge in [0.05, 0.1) is 16.7 Å². The molecule has 0 saturated heterocycles. The van der Waals surface area contributed by atoms with Gasteiger partial charge in [-0.1, -0.05) is 19.8 Å². The Hall–Kier alpha value is -1.12. The Morgan fingerprint density at radius 2 is 2.09 bits per heavy atom. The molecule has 0 aliphatic carbocycles. The van der Waals surface area contributed by atoms with Gasteiger partial charge in [-0.25, -0.2) is 10.5 Å². The van der Waals surface area contributed by atoms with Gasteiger partial charge in [-0.2, -0.15) is 0 Å². The molecule has 0 aliphatic rings. The number of amides is 1. The van der Waals surface area contributed by atoms with Crippen LogP contribution in [0.25, 0.3) is 5.65 Å². The van der Waals surface area contributed by atoms with Crippen LogP contribution in [0.2, 0.25) is 0 Å². The lowest BCUT2D eigenvalue weighted by atomic mass is 10.1. The number of hydrogen-bond acceptors (Lipinski definition) is 4. The van der Waals surface area contributed by atoms with Crippen LogP contribution in [0.3, 0.4) is 0 Å². The van der Waals surface area contributed by atoms with E-state index in [1.165, 1.54) is 0 Å². The van der Waals surface area contributed by atoms with Crippen LogP contribution in [0.4, 0.5) is 5.82 Å². The molecule has 2 rings (SSSR count). The fourth-order valence-electron chi connectivity index (χ4n) is 2.48. The lowest BCUT2D eigenvalue weighted by Crippen LogP contribution is -2.27. The van der Waals surface area contributed by atoms with Crippen molar-refractivity contribution < 1.29 is 10.0 Å². The van der Waals surface area contributed by atoms with Crippen LogP contribution in [0.5, 0.6) is 0 Å². The predicted octanol–water partition coefficient (Wildman–Crippen LogP) is 3.82. The number of hydroxylamine groups is 1. The van der Waals surface area contributed by atoms with Crippen molar-refractivity contribution in [2.45, 2.75) is 39.5 Å². The number of pyridine rings is 1. The number of unbranched alkanes of at least 4 members (excludes halogenated alkanes) is 2. The van der Waals surface area contributed by atoms with Crippen molar-refractivity contribution >= 4 is 49.2 Å². The topological polar surface area (TPSA) is 78.7 Å². The molecule has 0 fully saturated rings. The van der Waals surface area contributed by atoms with Gasteiger partial charge >= 0.3 is 0 Å². The summed E-state index contributed by atoms with van der Waals surface area (Å²) >= 11 is 7.11. The van der Waals surface area contributed by atoms with Gasteiger partial charge < -0.3 is 5.32 Å². The molecule has 23 heavy (non-hydrogen) atoms. The van der Waals surface area contributed by atoms with E-state index in [1.54, 1.807) is 5.48 Å². The molecule has 0 saturated carbocycles. The summed E-state index contributed by atoms with van der Waals surface area (Å²) in [5, 5.41) is 11.7. The van der Waals surface area contributed by atoms with Crippen molar-refractivity contribution in [1.82, 2.24) is 14.9 Å². The highest BCUT2D eigenvalue weighted by molar-refractivity contribution is 9.11. The van der Waals surface area contributed by atoms with Gasteiger partial charge in [-0.3, -0.25) is 14.4 Å². The molecule has 0 aliphatic heterocycles. The summed E-state index contributed by atoms with van der Waals surface area (Å²) in [6, 6.07) is 1.97. The highest BCUT2D eigenvalue weighted by Gasteiger charge is 2.17. The molecule has 3 N–H and O–H groups in total. The molecule has 126 valence electrons. The molecule has 0 aromatic carbocycles. The third-order valence-electron chi connectivity index (χ3n) is 3.68. The average Bonchev–Trinajstić information content (AvgIpc) is 2.90. The molecule has 1 amide bonds. The quantitative estimate of drug-likeness (QED) is 0.342. The first-order chi connectivity index (χ1) is 11.0. The summed E-state index contributed by atoms with van der Waals surface area (Å²) in [4.78, 5) is 15.9. The third kappa shape index (κ3) is 4.05. The maximum absolute atomic E-state index is 11.3. The van der Waals surface area contributed by atoms with Gasteiger partial charge in [-0.05, 0) is 57.7 Å². The maximum Gasteiger partial charge on any atom is 0.262 e. The minimum atomic E-state index is -0.501. The first-order valence-corrected chi connectivity index (χ1v) is 9.10. The standard InChI is InChI=1S/C15H20Br2N4O2/c1-3-4-5-6-12-14(18-8-13(22)20-23)19-15-11(17)7-10(16)9(2)21(12)15/h7,18,23H,3-6,8H2,1-2H3,(H,20,22). The smallest absolute Gasteiger partial charge is 0.262 e. The van der Waals surface area contributed by atoms with Crippen LogP contribution in [0, 0.1) is 6.92 Å². The van der Waals surface area contributed by atoms with E-state index in [2.05, 4.69) is 53.5 Å². The SMILES string of the molecule is CCCCCc1c(NCC(=O)NO)nc2c(Br)cc(Br)c(C)n12. The highest BCUT2D eigenvalue weighted by atomic mass is 79.9. The van der Waals surface area contributed by atoms with Crippen LogP contribution in [0.1, 0.15) is 37.6 Å². The Kier molecular flexibility index (Phi) is 6.43. The number of nitrogens with zero attached hydrogens (tertiary/aromatic N) is 2. The first-order valence-electron chi connectivity index (χ1n) is 7.52. The number of hydrogen-bond donors (Lipinski definition) is 3. The minimum Gasteiger partial charge on any atom is -0.359 e. The maximum atomic E-state index is 11.3. The number of fused-ring (bicyclic) bond motifs is 1. The number of anilines is 1. The molecular weight excluding hydrogens is 428 g/mol. The van der Waals surface area contributed by atoms with E-state index in [0.717, 1.165) is 51.7 Å². The molecule has 0 atom stereocenters. The van der Waals surface area contributed by atoms with Crippen molar-refractivity contribution in [2.75, 3.05) is 11.9 Å². The number of aromatic nitrogens is 2. The van der Waals surface area contributed by atoms with Crippen LogP contribution >= 0.6 is 31.9 Å². The number of halogens is 2. The number of aryl methyl sites for hydroxylation is 2. The summed E-state index contributed by atoms with van der Waals surface area (Å²) in [5.41, 5.74) is 4.53. The summed E-state index contributed by atoms with van der Waals surface area (Å²) < 4.78 is 3.97. The van der Waals surface area contributed by atoms with Gasteiger partial charge in [0.25, 0.3) is 5.91 Å². The Morgan fingerprint density at radius 1 is 1.35 bits per heavy atom. The van der Waals surface area contributed by atoms with Crippen molar-refractivity contribution in [3.05, 3.63) is 26.4 Å². The molecule has 0 spiro atoms. The van der Waals surface area contributed by atoms with Gasteiger partial charge in [0, 0.05) is 10.2 Å². The zero-order valence-corrected chi connectivity index (χ0v) is 16.3. The Balaban J connectivity index is 2.47. The van der Waals surface area contributed by atoms with Crippen molar-refractivity contribution in [3.63, 3.8) is 0 Å². The predicted molar refractivity (Wildman–Crippen MR) is 97.0 cm³/mol. The number of imidazole rings is 1. The van der Waals surface area contributed by atoms with Crippen molar-refractivity contribution in [3.8, 4) is 0 Å². The molecular formula is C15H20Br2N4O2. The molecule has 0 bridgehead atoms. The molecule has 0 radical (unpaired) electrons. The van der Waals surface area contributed by atoms with Gasteiger partial charge in [0.2, 0.25) is 0 Å². The van der Waals surface area contributed by atoms with E-state index in [0.29, 0.717) is 5.82 Å². The fraction of sp³-hybridized carbons (Fsp3) is 0.467. The number of nitrogens with one attached hydrogen (secondary N) is 2. The fourth-order valence-corrected chi connectivity index (χ4v) is 3.69. The van der Waals surface area contributed by atoms with E-state index >= 15 is 0 Å². The minimum absolute atomic E-state index is 0.0288. The third-order valence-corrected chi connectivity index (χ3v) is 5.07. The lowest BCUT2D eigenvalue weighted by Gasteiger charge is -2.10. The molecule has 8 heteroatoms. The van der Waals surface area contributed by atoms with E-state index in [-0.39, 0.29) is 6.54 Å². The Bertz CT molecular complexity index is 715. The van der Waals surface area contributed by atoms with Crippen molar-refractivity contribution in [1.29, 1.82) is 0 Å². The van der Waals surface area contributed by atoms with Crippen molar-refractivity contribution in [2.24, 2.45) is 0 Å². The number of carbonyl (C=O) groups excluding carboxylic acids is 1. The van der Waals surface area contributed by atoms with E-state index in [9.17, 15) is 4.79 Å². The number of rotatable bonds is 7. The number of carbonyl (C=O) groups is 1. The molecule has 2 aromatic rings. The van der Waals surface area contributed by atoms with Gasteiger partial charge in [-0.15, -0.1) is 0 Å². The van der Waals surface area contributed by atoms with E-state index in [1.807, 2.05) is 13.0 Å². The van der Waals surface area contributed by atoms with Crippen LogP contribution < -0.4 is 10.8 Å². The molecule has 6 nitrogen and oxygen atoms in total. The summed E-state index contributed by atoms with van der Waals surface area (Å²) in [7, 11) is 0. The van der Waals surface area contributed by atoms with Gasteiger partial charge in [0.15, 0.2) is 5.65 Å². The van der Waals surface area contributed by atoms with E-state index < -0.39 is 5.91 Å². The average molecular weight is 448 g/mol. The Morgan fingerprint density at radius 3 is 2.74 bits per heavy atom. The summed E-state index contributed by atoms with van der Waals surface area (Å²) in [6.45, 7) is 4.16. The van der Waals surface area contributed by atoms with Crippen LogP contribution in [-0.4, -0.2) is 27.0 Å². The van der Waals surface area contributed by atoms with Crippen LogP contribution in [0.15, 0.2) is 15.0 Å². The van der Waals surface area contributed by atoms with E-state index in [4.69, 9.17) is 5.21 Å². The second-order valence-corrected chi connectivity index (χ2v) is 7.05. The molecule has 2 heterocycles. The van der Waals surface area contributed by atoms with Gasteiger partial charge in [0.1, 0.15) is 5.82 Å². The second-order valence-electron chi connectivity index (χ2n) is 5.34. The first kappa shape index (κ1) is 18.2. The monoisotopic (exact) mass is 446 g/mol. The molecule has 0 unspecified atom stereocenters. The Labute approximate surface area is 151 Å². The normalized spacial score (nSPS) is 11.0.